The first kappa shape index (κ1) is 17.1. The van der Waals surface area contributed by atoms with Gasteiger partial charge >= 0.3 is 6.03 Å². The van der Waals surface area contributed by atoms with Crippen molar-refractivity contribution in [3.05, 3.63) is 25.8 Å². The van der Waals surface area contributed by atoms with Gasteiger partial charge in [0, 0.05) is 28.8 Å². The van der Waals surface area contributed by atoms with Gasteiger partial charge < -0.3 is 20.7 Å². The molecule has 0 radical (unpaired) electrons. The molecule has 0 aromatic heterocycles. The van der Waals surface area contributed by atoms with E-state index < -0.39 is 0 Å². The Morgan fingerprint density at radius 3 is 3.00 bits per heavy atom. The Bertz CT molecular complexity index is 595. The summed E-state index contributed by atoms with van der Waals surface area (Å²) < 4.78 is 6.49. The van der Waals surface area contributed by atoms with Crippen LogP contribution in [0.25, 0.3) is 0 Å². The van der Waals surface area contributed by atoms with Crippen molar-refractivity contribution in [3.8, 4) is 5.75 Å². The molecule has 2 rings (SSSR count). The van der Waals surface area contributed by atoms with Crippen molar-refractivity contribution >= 4 is 46.1 Å². The van der Waals surface area contributed by atoms with Gasteiger partial charge in [-0.15, -0.1) is 0 Å². The second kappa shape index (κ2) is 7.87. The zero-order valence-electron chi connectivity index (χ0n) is 12.1. The topological polar surface area (TPSA) is 79.5 Å². The van der Waals surface area contributed by atoms with Crippen LogP contribution in [-0.2, 0) is 6.54 Å². The Morgan fingerprint density at radius 1 is 1.50 bits per heavy atom. The maximum Gasteiger partial charge on any atom is 0.314 e. The van der Waals surface area contributed by atoms with Crippen LogP contribution < -0.4 is 20.7 Å². The fourth-order valence-electron chi connectivity index (χ4n) is 2.11. The van der Waals surface area contributed by atoms with Crippen LogP contribution in [0.2, 0.25) is 5.02 Å². The molecular formula is C14H17ClIN3O3. The van der Waals surface area contributed by atoms with Crippen molar-refractivity contribution in [1.82, 2.24) is 16.0 Å². The van der Waals surface area contributed by atoms with E-state index in [4.69, 9.17) is 16.3 Å². The van der Waals surface area contributed by atoms with Crippen molar-refractivity contribution in [1.29, 1.82) is 0 Å². The molecule has 120 valence electrons. The van der Waals surface area contributed by atoms with Gasteiger partial charge in [0.2, 0.25) is 0 Å². The lowest BCUT2D eigenvalue weighted by molar-refractivity contribution is 0.0965. The monoisotopic (exact) mass is 437 g/mol. The highest BCUT2D eigenvalue weighted by atomic mass is 127. The van der Waals surface area contributed by atoms with E-state index in [0.717, 1.165) is 9.13 Å². The van der Waals surface area contributed by atoms with E-state index in [2.05, 4.69) is 38.5 Å². The summed E-state index contributed by atoms with van der Waals surface area (Å²) >= 11 is 8.40. The van der Waals surface area contributed by atoms with E-state index in [0.29, 0.717) is 49.0 Å². The highest BCUT2D eigenvalue weighted by Crippen LogP contribution is 2.36. The molecule has 0 fully saturated rings. The van der Waals surface area contributed by atoms with Crippen molar-refractivity contribution in [2.45, 2.75) is 19.9 Å². The minimum atomic E-state index is -0.183. The van der Waals surface area contributed by atoms with E-state index >= 15 is 0 Å². The van der Waals surface area contributed by atoms with Gasteiger partial charge in [-0.25, -0.2) is 4.79 Å². The van der Waals surface area contributed by atoms with E-state index in [1.165, 1.54) is 0 Å². The van der Waals surface area contributed by atoms with Crippen LogP contribution in [0.1, 0.15) is 29.3 Å². The zero-order chi connectivity index (χ0) is 16.1. The largest absolute Gasteiger partial charge is 0.492 e. The summed E-state index contributed by atoms with van der Waals surface area (Å²) in [5, 5.41) is 8.61. The van der Waals surface area contributed by atoms with Gasteiger partial charge in [-0.2, -0.15) is 0 Å². The molecule has 1 aliphatic heterocycles. The molecule has 6 nitrogen and oxygen atoms in total. The first-order valence-corrected chi connectivity index (χ1v) is 8.43. The van der Waals surface area contributed by atoms with Crippen molar-refractivity contribution in [2.24, 2.45) is 0 Å². The summed E-state index contributed by atoms with van der Waals surface area (Å²) in [6, 6.07) is 1.58. The normalized spacial score (nSPS) is 12.6. The number of fused-ring (bicyclic) bond motifs is 1. The molecular weight excluding hydrogens is 421 g/mol. The molecule has 0 saturated heterocycles. The number of benzene rings is 1. The first-order chi connectivity index (χ1) is 10.5. The number of rotatable bonds is 6. The first-order valence-electron chi connectivity index (χ1n) is 6.98. The molecule has 1 heterocycles. The van der Waals surface area contributed by atoms with Crippen molar-refractivity contribution < 1.29 is 14.3 Å². The van der Waals surface area contributed by atoms with Crippen LogP contribution in [0, 0.1) is 3.57 Å². The average molecular weight is 438 g/mol. The summed E-state index contributed by atoms with van der Waals surface area (Å²) in [6.45, 7) is 3.84. The quantitative estimate of drug-likeness (QED) is 0.472. The maximum atomic E-state index is 11.7. The number of halogens is 2. The minimum Gasteiger partial charge on any atom is -0.492 e. The molecule has 1 aromatic carbocycles. The number of carbonyl (C=O) groups excluding carboxylic acids is 2. The predicted octanol–water partition coefficient (Wildman–Crippen LogP) is 2.28. The van der Waals surface area contributed by atoms with Crippen molar-refractivity contribution in [3.63, 3.8) is 0 Å². The van der Waals surface area contributed by atoms with E-state index in [-0.39, 0.29) is 11.9 Å². The third-order valence-corrected chi connectivity index (χ3v) is 4.40. The molecule has 8 heteroatoms. The summed E-state index contributed by atoms with van der Waals surface area (Å²) in [5.41, 5.74) is 1.42. The van der Waals surface area contributed by atoms with Crippen molar-refractivity contribution in [2.75, 3.05) is 19.7 Å². The number of nitrogens with one attached hydrogen (secondary N) is 3. The standard InChI is InChI=1S/C14H17ClIN3O3/c1-2-17-14(21)18-4-3-5-22-10-6-9(16)11-8(12(10)15)7-19-13(11)20/h6H,2-5,7H2,1H3,(H,19,20)(H2,17,18,21). The number of carbonyl (C=O) groups is 2. The smallest absolute Gasteiger partial charge is 0.314 e. The molecule has 1 aliphatic rings. The summed E-state index contributed by atoms with van der Waals surface area (Å²) in [5.74, 6) is 0.471. The van der Waals surface area contributed by atoms with Crippen LogP contribution in [0.15, 0.2) is 6.07 Å². The van der Waals surface area contributed by atoms with E-state index in [1.54, 1.807) is 6.07 Å². The van der Waals surface area contributed by atoms with Crippen LogP contribution in [0.3, 0.4) is 0 Å². The fourth-order valence-corrected chi connectivity index (χ4v) is 3.23. The Morgan fingerprint density at radius 2 is 2.27 bits per heavy atom. The minimum absolute atomic E-state index is 0.0982. The van der Waals surface area contributed by atoms with Crippen LogP contribution in [0.4, 0.5) is 4.79 Å². The van der Waals surface area contributed by atoms with Gasteiger partial charge in [0.1, 0.15) is 5.75 Å². The summed E-state index contributed by atoms with van der Waals surface area (Å²) in [4.78, 5) is 22.9. The van der Waals surface area contributed by atoms with Gasteiger partial charge in [-0.3, -0.25) is 4.79 Å². The van der Waals surface area contributed by atoms with Gasteiger partial charge in [-0.1, -0.05) is 11.6 Å². The fraction of sp³-hybridized carbons (Fsp3) is 0.429. The molecule has 0 unspecified atom stereocenters. The second-order valence-corrected chi connectivity index (χ2v) is 6.24. The van der Waals surface area contributed by atoms with E-state index in [1.807, 2.05) is 6.92 Å². The summed E-state index contributed by atoms with van der Waals surface area (Å²) in [6.07, 6.45) is 0.665. The Kier molecular flexibility index (Phi) is 6.13. The SMILES string of the molecule is CCNC(=O)NCCCOc1cc(I)c2c(c1Cl)CNC2=O. The molecule has 0 bridgehead atoms. The maximum absolute atomic E-state index is 11.7. The zero-order valence-corrected chi connectivity index (χ0v) is 15.0. The lowest BCUT2D eigenvalue weighted by Gasteiger charge is -2.12. The number of ether oxygens (including phenoxy) is 1. The van der Waals surface area contributed by atoms with Gasteiger partial charge in [-0.05, 0) is 42.0 Å². The Labute approximate surface area is 147 Å². The lowest BCUT2D eigenvalue weighted by Crippen LogP contribution is -2.36. The number of amides is 3. The molecule has 3 amide bonds. The molecule has 1 aromatic rings. The van der Waals surface area contributed by atoms with Crippen LogP contribution in [0.5, 0.6) is 5.75 Å². The van der Waals surface area contributed by atoms with Gasteiger partial charge in [0.05, 0.1) is 17.2 Å². The Balaban J connectivity index is 1.88. The second-order valence-electron chi connectivity index (χ2n) is 4.69. The molecule has 0 atom stereocenters. The molecule has 3 N–H and O–H groups in total. The van der Waals surface area contributed by atoms with E-state index in [9.17, 15) is 9.59 Å². The lowest BCUT2D eigenvalue weighted by atomic mass is 10.1. The molecule has 0 saturated carbocycles. The third-order valence-electron chi connectivity index (χ3n) is 3.13. The van der Waals surface area contributed by atoms with Crippen LogP contribution >= 0.6 is 34.2 Å². The van der Waals surface area contributed by atoms with Gasteiger partial charge in [0.15, 0.2) is 0 Å². The highest BCUT2D eigenvalue weighted by molar-refractivity contribution is 14.1. The predicted molar refractivity (Wildman–Crippen MR) is 92.5 cm³/mol. The number of hydrogen-bond acceptors (Lipinski definition) is 3. The number of urea groups is 1. The average Bonchev–Trinajstić information content (AvgIpc) is 2.86. The number of hydrogen-bond donors (Lipinski definition) is 3. The third kappa shape index (κ3) is 3.95. The molecule has 0 spiro atoms. The molecule has 0 aliphatic carbocycles. The van der Waals surface area contributed by atoms with Gasteiger partial charge in [0.25, 0.3) is 5.91 Å². The highest BCUT2D eigenvalue weighted by Gasteiger charge is 2.26. The molecule has 22 heavy (non-hydrogen) atoms. The Hall–Kier alpha value is -1.22. The van der Waals surface area contributed by atoms with Crippen LogP contribution in [-0.4, -0.2) is 31.6 Å². The summed E-state index contributed by atoms with van der Waals surface area (Å²) in [7, 11) is 0.